The third-order valence-electron chi connectivity index (χ3n) is 3.21. The van der Waals surface area contributed by atoms with Crippen LogP contribution in [0.15, 0.2) is 18.3 Å². The van der Waals surface area contributed by atoms with Gasteiger partial charge >= 0.3 is 0 Å². The number of nitriles is 1. The molecule has 1 aliphatic rings. The van der Waals surface area contributed by atoms with Crippen LogP contribution in [-0.4, -0.2) is 24.0 Å². The highest BCUT2D eigenvalue weighted by atomic mass is 16.5. The van der Waals surface area contributed by atoms with Gasteiger partial charge in [0.25, 0.3) is 5.91 Å². The average molecular weight is 245 g/mol. The Morgan fingerprint density at radius 3 is 3.17 bits per heavy atom. The monoisotopic (exact) mass is 245 g/mol. The van der Waals surface area contributed by atoms with E-state index in [2.05, 4.69) is 16.4 Å². The summed E-state index contributed by atoms with van der Waals surface area (Å²) in [6, 6.07) is 5.53. The van der Waals surface area contributed by atoms with E-state index in [1.165, 1.54) is 7.11 Å². The van der Waals surface area contributed by atoms with Gasteiger partial charge in [0.1, 0.15) is 5.56 Å². The zero-order chi connectivity index (χ0) is 13.0. The summed E-state index contributed by atoms with van der Waals surface area (Å²) in [5.74, 6) is -0.00905. The van der Waals surface area contributed by atoms with E-state index >= 15 is 0 Å². The van der Waals surface area contributed by atoms with Crippen molar-refractivity contribution in [2.45, 2.75) is 25.3 Å². The second-order valence-electron chi connectivity index (χ2n) is 4.31. The highest BCUT2D eigenvalue weighted by Crippen LogP contribution is 2.25. The van der Waals surface area contributed by atoms with E-state index in [1.54, 1.807) is 18.3 Å². The van der Waals surface area contributed by atoms with Crippen LogP contribution in [0.3, 0.4) is 0 Å². The Hall–Kier alpha value is -2.09. The minimum atomic E-state index is -0.230. The first-order valence-electron chi connectivity index (χ1n) is 5.95. The molecule has 94 valence electrons. The largest absolute Gasteiger partial charge is 0.480 e. The number of nitrogens with zero attached hydrogens (tertiary/aromatic N) is 2. The average Bonchev–Trinajstić information content (AvgIpc) is 2.85. The number of rotatable bonds is 3. The fraction of sp³-hybridized carbons (Fsp3) is 0.462. The molecule has 0 saturated heterocycles. The number of pyridine rings is 1. The van der Waals surface area contributed by atoms with E-state index in [9.17, 15) is 4.79 Å². The van der Waals surface area contributed by atoms with Gasteiger partial charge in [-0.05, 0) is 31.4 Å². The lowest BCUT2D eigenvalue weighted by atomic mass is 10.1. The van der Waals surface area contributed by atoms with Crippen LogP contribution >= 0.6 is 0 Å². The smallest absolute Gasteiger partial charge is 0.257 e. The van der Waals surface area contributed by atoms with E-state index in [0.29, 0.717) is 11.4 Å². The summed E-state index contributed by atoms with van der Waals surface area (Å²) in [4.78, 5) is 16.1. The van der Waals surface area contributed by atoms with Gasteiger partial charge in [-0.3, -0.25) is 4.79 Å². The Morgan fingerprint density at radius 1 is 1.61 bits per heavy atom. The number of carbonyl (C=O) groups excluding carboxylic acids is 1. The summed E-state index contributed by atoms with van der Waals surface area (Å²) in [5.41, 5.74) is 0.406. The molecular weight excluding hydrogens is 230 g/mol. The number of hydrogen-bond donors (Lipinski definition) is 1. The number of carbonyl (C=O) groups is 1. The Kier molecular flexibility index (Phi) is 3.78. The molecule has 1 fully saturated rings. The number of amides is 1. The minimum absolute atomic E-state index is 0.0626. The summed E-state index contributed by atoms with van der Waals surface area (Å²) in [6.07, 6.45) is 4.26. The molecule has 0 spiro atoms. The third kappa shape index (κ3) is 2.43. The topological polar surface area (TPSA) is 75.0 Å². The predicted molar refractivity (Wildman–Crippen MR) is 65.0 cm³/mol. The molecule has 1 aromatic heterocycles. The molecule has 18 heavy (non-hydrogen) atoms. The highest BCUT2D eigenvalue weighted by molar-refractivity contribution is 5.96. The van der Waals surface area contributed by atoms with Crippen LogP contribution in [0.2, 0.25) is 0 Å². The molecule has 1 N–H and O–H groups in total. The van der Waals surface area contributed by atoms with E-state index < -0.39 is 0 Å². The molecule has 5 heteroatoms. The lowest BCUT2D eigenvalue weighted by molar-refractivity contribution is 0.0929. The van der Waals surface area contributed by atoms with Crippen LogP contribution in [-0.2, 0) is 0 Å². The summed E-state index contributed by atoms with van der Waals surface area (Å²) < 4.78 is 5.05. The van der Waals surface area contributed by atoms with Gasteiger partial charge in [0.15, 0.2) is 0 Å². The van der Waals surface area contributed by atoms with Crippen LogP contribution in [0.4, 0.5) is 0 Å². The number of nitrogens with one attached hydrogen (secondary N) is 1. The first-order valence-corrected chi connectivity index (χ1v) is 5.95. The molecule has 1 saturated carbocycles. The Morgan fingerprint density at radius 2 is 2.44 bits per heavy atom. The molecule has 0 bridgehead atoms. The van der Waals surface area contributed by atoms with Crippen LogP contribution in [0, 0.1) is 17.2 Å². The first-order chi connectivity index (χ1) is 8.76. The standard InChI is InChI=1S/C13H15N3O2/c1-18-13-10(5-3-7-15-13)12(17)16-11-6-2-4-9(11)8-14/h3,5,7,9,11H,2,4,6H2,1H3,(H,16,17). The lowest BCUT2D eigenvalue weighted by Gasteiger charge is -2.16. The SMILES string of the molecule is COc1ncccc1C(=O)NC1CCCC1C#N. The zero-order valence-electron chi connectivity index (χ0n) is 10.2. The molecule has 1 aliphatic carbocycles. The van der Waals surface area contributed by atoms with Crippen LogP contribution in [0.5, 0.6) is 5.88 Å². The number of methoxy groups -OCH3 is 1. The van der Waals surface area contributed by atoms with Crippen molar-refractivity contribution < 1.29 is 9.53 Å². The van der Waals surface area contributed by atoms with Gasteiger partial charge in [-0.25, -0.2) is 4.98 Å². The Balaban J connectivity index is 2.10. The number of aromatic nitrogens is 1. The van der Waals surface area contributed by atoms with Crippen LogP contribution in [0.1, 0.15) is 29.6 Å². The van der Waals surface area contributed by atoms with Gasteiger partial charge in [0, 0.05) is 12.2 Å². The number of hydrogen-bond acceptors (Lipinski definition) is 4. The van der Waals surface area contributed by atoms with E-state index in [4.69, 9.17) is 10.00 Å². The van der Waals surface area contributed by atoms with Gasteiger partial charge in [-0.15, -0.1) is 0 Å². The second kappa shape index (κ2) is 5.50. The third-order valence-corrected chi connectivity index (χ3v) is 3.21. The molecule has 0 aromatic carbocycles. The highest BCUT2D eigenvalue weighted by Gasteiger charge is 2.29. The molecule has 0 aliphatic heterocycles. The van der Waals surface area contributed by atoms with Crippen LogP contribution in [0.25, 0.3) is 0 Å². The molecule has 5 nitrogen and oxygen atoms in total. The van der Waals surface area contributed by atoms with Crippen molar-refractivity contribution in [2.75, 3.05) is 7.11 Å². The van der Waals surface area contributed by atoms with Gasteiger partial charge in [-0.1, -0.05) is 0 Å². The van der Waals surface area contributed by atoms with E-state index in [0.717, 1.165) is 19.3 Å². The van der Waals surface area contributed by atoms with Gasteiger partial charge in [-0.2, -0.15) is 5.26 Å². The minimum Gasteiger partial charge on any atom is -0.480 e. The van der Waals surface area contributed by atoms with Crippen molar-refractivity contribution in [3.05, 3.63) is 23.9 Å². The lowest BCUT2D eigenvalue weighted by Crippen LogP contribution is -2.37. The summed E-state index contributed by atoms with van der Waals surface area (Å²) in [5, 5.41) is 11.9. The summed E-state index contributed by atoms with van der Waals surface area (Å²) in [7, 11) is 1.48. The predicted octanol–water partition coefficient (Wildman–Crippen LogP) is 1.51. The maximum absolute atomic E-state index is 12.1. The molecule has 2 atom stereocenters. The van der Waals surface area contributed by atoms with Crippen molar-refractivity contribution in [2.24, 2.45) is 5.92 Å². The first kappa shape index (κ1) is 12.4. The van der Waals surface area contributed by atoms with E-state index in [-0.39, 0.29) is 17.9 Å². The maximum atomic E-state index is 12.1. The van der Waals surface area contributed by atoms with Gasteiger partial charge in [0.05, 0.1) is 19.1 Å². The second-order valence-corrected chi connectivity index (χ2v) is 4.31. The van der Waals surface area contributed by atoms with Crippen LogP contribution < -0.4 is 10.1 Å². The normalized spacial score (nSPS) is 22.2. The molecule has 2 unspecified atom stereocenters. The Labute approximate surface area is 106 Å². The van der Waals surface area contributed by atoms with E-state index in [1.807, 2.05) is 0 Å². The molecule has 1 aromatic rings. The van der Waals surface area contributed by atoms with Crippen molar-refractivity contribution in [3.63, 3.8) is 0 Å². The molecule has 2 rings (SSSR count). The summed E-state index contributed by atoms with van der Waals surface area (Å²) in [6.45, 7) is 0. The van der Waals surface area contributed by atoms with Crippen molar-refractivity contribution >= 4 is 5.91 Å². The fourth-order valence-electron chi connectivity index (χ4n) is 2.26. The number of ether oxygens (including phenoxy) is 1. The molecular formula is C13H15N3O2. The van der Waals surface area contributed by atoms with Crippen molar-refractivity contribution in [3.8, 4) is 11.9 Å². The molecule has 1 heterocycles. The maximum Gasteiger partial charge on any atom is 0.257 e. The Bertz CT molecular complexity index is 481. The van der Waals surface area contributed by atoms with Gasteiger partial charge < -0.3 is 10.1 Å². The summed E-state index contributed by atoms with van der Waals surface area (Å²) >= 11 is 0. The quantitative estimate of drug-likeness (QED) is 0.875. The zero-order valence-corrected chi connectivity index (χ0v) is 10.2. The molecule has 0 radical (unpaired) electrons. The van der Waals surface area contributed by atoms with Crippen molar-refractivity contribution in [1.29, 1.82) is 5.26 Å². The van der Waals surface area contributed by atoms with Gasteiger partial charge in [0.2, 0.25) is 5.88 Å². The van der Waals surface area contributed by atoms with Crippen molar-refractivity contribution in [1.82, 2.24) is 10.3 Å². The fourth-order valence-corrected chi connectivity index (χ4v) is 2.26. The molecule has 1 amide bonds.